The summed E-state index contributed by atoms with van der Waals surface area (Å²) in [5, 5.41) is 3.00. The molecular formula is C18H19FN4O2. The molecule has 2 bridgehead atoms. The quantitative estimate of drug-likeness (QED) is 0.913. The highest BCUT2D eigenvalue weighted by Gasteiger charge is 2.45. The topological polar surface area (TPSA) is 67.4 Å². The van der Waals surface area contributed by atoms with Crippen molar-refractivity contribution in [3.63, 3.8) is 0 Å². The molecule has 2 aliphatic heterocycles. The lowest BCUT2D eigenvalue weighted by Crippen LogP contribution is -2.46. The lowest BCUT2D eigenvalue weighted by molar-refractivity contribution is -0.126. The van der Waals surface area contributed by atoms with Crippen LogP contribution in [-0.2, 0) is 16.1 Å². The van der Waals surface area contributed by atoms with Gasteiger partial charge in [-0.05, 0) is 12.0 Å². The van der Waals surface area contributed by atoms with Crippen molar-refractivity contribution in [1.82, 2.24) is 15.3 Å². The van der Waals surface area contributed by atoms with Gasteiger partial charge in [-0.25, -0.2) is 14.4 Å². The van der Waals surface area contributed by atoms with E-state index in [2.05, 4.69) is 15.3 Å². The lowest BCUT2D eigenvalue weighted by atomic mass is 9.99. The number of carbonyl (C=O) groups is 1. The maximum atomic E-state index is 13.0. The van der Waals surface area contributed by atoms with Gasteiger partial charge in [0, 0.05) is 19.6 Å². The van der Waals surface area contributed by atoms with E-state index in [4.69, 9.17) is 4.74 Å². The van der Waals surface area contributed by atoms with Gasteiger partial charge in [-0.1, -0.05) is 30.3 Å². The van der Waals surface area contributed by atoms with E-state index in [9.17, 15) is 9.18 Å². The van der Waals surface area contributed by atoms with Crippen LogP contribution in [-0.4, -0.2) is 41.2 Å². The Hall–Kier alpha value is -2.54. The zero-order valence-electron chi connectivity index (χ0n) is 13.6. The van der Waals surface area contributed by atoms with Gasteiger partial charge in [-0.3, -0.25) is 4.79 Å². The van der Waals surface area contributed by atoms with Crippen LogP contribution in [0.1, 0.15) is 12.0 Å². The number of amides is 1. The predicted octanol–water partition coefficient (Wildman–Crippen LogP) is 1.53. The monoisotopic (exact) mass is 342 g/mol. The second-order valence-corrected chi connectivity index (χ2v) is 6.45. The first-order valence-electron chi connectivity index (χ1n) is 8.38. The SMILES string of the molecule is O=C(NCc1ccccc1)[C@@H]1C[C@H]2CN(c3ncc(F)cn3)C[C@@H]1O2. The van der Waals surface area contributed by atoms with Crippen molar-refractivity contribution in [3.05, 3.63) is 54.1 Å². The summed E-state index contributed by atoms with van der Waals surface area (Å²) in [7, 11) is 0. The molecule has 1 amide bonds. The fourth-order valence-corrected chi connectivity index (χ4v) is 3.48. The molecular weight excluding hydrogens is 323 g/mol. The molecule has 2 fully saturated rings. The summed E-state index contributed by atoms with van der Waals surface area (Å²) in [6.45, 7) is 1.66. The standard InChI is InChI=1S/C18H19FN4O2/c19-13-8-21-18(22-9-13)23-10-14-6-15(16(11-23)25-14)17(24)20-7-12-4-2-1-3-5-12/h1-5,8-9,14-16H,6-7,10-11H2,(H,20,24)/t14-,15+,16-/m0/s1. The number of hydrogen-bond donors (Lipinski definition) is 1. The molecule has 3 heterocycles. The average Bonchev–Trinajstić information content (AvgIpc) is 2.95. The molecule has 130 valence electrons. The molecule has 4 rings (SSSR count). The van der Waals surface area contributed by atoms with Crippen LogP contribution in [0.15, 0.2) is 42.7 Å². The Balaban J connectivity index is 1.38. The molecule has 25 heavy (non-hydrogen) atoms. The van der Waals surface area contributed by atoms with Crippen LogP contribution in [0, 0.1) is 11.7 Å². The van der Waals surface area contributed by atoms with Gasteiger partial charge in [0.1, 0.15) is 0 Å². The Bertz CT molecular complexity index is 741. The molecule has 0 radical (unpaired) electrons. The number of fused-ring (bicyclic) bond motifs is 2. The largest absolute Gasteiger partial charge is 0.370 e. The molecule has 2 aliphatic rings. The highest BCUT2D eigenvalue weighted by atomic mass is 19.1. The molecule has 6 nitrogen and oxygen atoms in total. The summed E-state index contributed by atoms with van der Waals surface area (Å²) in [4.78, 5) is 22.6. The number of carbonyl (C=O) groups excluding carboxylic acids is 1. The van der Waals surface area contributed by atoms with Crippen LogP contribution < -0.4 is 10.2 Å². The molecule has 1 aromatic carbocycles. The Morgan fingerprint density at radius 1 is 1.24 bits per heavy atom. The number of ether oxygens (including phenoxy) is 1. The normalized spacial score (nSPS) is 25.0. The van der Waals surface area contributed by atoms with Crippen LogP contribution in [0.4, 0.5) is 10.3 Å². The van der Waals surface area contributed by atoms with E-state index in [1.165, 1.54) is 0 Å². The number of rotatable bonds is 4. The number of anilines is 1. The number of benzene rings is 1. The van der Waals surface area contributed by atoms with Gasteiger partial charge in [-0.2, -0.15) is 0 Å². The molecule has 0 spiro atoms. The summed E-state index contributed by atoms with van der Waals surface area (Å²) < 4.78 is 18.9. The minimum atomic E-state index is -0.460. The van der Waals surface area contributed by atoms with E-state index in [1.54, 1.807) is 0 Å². The van der Waals surface area contributed by atoms with Gasteiger partial charge in [-0.15, -0.1) is 0 Å². The van der Waals surface area contributed by atoms with E-state index in [0.29, 0.717) is 32.0 Å². The van der Waals surface area contributed by atoms with Gasteiger partial charge < -0.3 is 15.0 Å². The van der Waals surface area contributed by atoms with Crippen LogP contribution in [0.3, 0.4) is 0 Å². The van der Waals surface area contributed by atoms with E-state index in [-0.39, 0.29) is 24.0 Å². The van der Waals surface area contributed by atoms with Crippen molar-refractivity contribution in [1.29, 1.82) is 0 Å². The van der Waals surface area contributed by atoms with Crippen LogP contribution in [0.5, 0.6) is 0 Å². The zero-order chi connectivity index (χ0) is 17.2. The molecule has 7 heteroatoms. The van der Waals surface area contributed by atoms with Crippen LogP contribution in [0.25, 0.3) is 0 Å². The number of halogens is 1. The molecule has 1 N–H and O–H groups in total. The fourth-order valence-electron chi connectivity index (χ4n) is 3.48. The minimum absolute atomic E-state index is 0.0122. The Morgan fingerprint density at radius 3 is 2.76 bits per heavy atom. The predicted molar refractivity (Wildman–Crippen MR) is 89.3 cm³/mol. The summed E-state index contributed by atoms with van der Waals surface area (Å²) >= 11 is 0. The van der Waals surface area contributed by atoms with E-state index >= 15 is 0 Å². The highest BCUT2D eigenvalue weighted by molar-refractivity contribution is 5.79. The van der Waals surface area contributed by atoms with Crippen LogP contribution in [0.2, 0.25) is 0 Å². The molecule has 2 saturated heterocycles. The average molecular weight is 342 g/mol. The highest BCUT2D eigenvalue weighted by Crippen LogP contribution is 2.33. The summed E-state index contributed by atoms with van der Waals surface area (Å²) in [6, 6.07) is 9.82. The first-order valence-corrected chi connectivity index (χ1v) is 8.38. The van der Waals surface area contributed by atoms with Crippen molar-refractivity contribution in [2.45, 2.75) is 25.2 Å². The van der Waals surface area contributed by atoms with Crippen molar-refractivity contribution in [2.24, 2.45) is 5.92 Å². The number of morpholine rings is 1. The maximum absolute atomic E-state index is 13.0. The van der Waals surface area contributed by atoms with Crippen molar-refractivity contribution < 1.29 is 13.9 Å². The zero-order valence-corrected chi connectivity index (χ0v) is 13.6. The third-order valence-corrected chi connectivity index (χ3v) is 4.69. The van der Waals surface area contributed by atoms with Gasteiger partial charge in [0.25, 0.3) is 0 Å². The summed E-state index contributed by atoms with van der Waals surface area (Å²) in [5.41, 5.74) is 1.07. The molecule has 0 unspecified atom stereocenters. The molecule has 2 aromatic rings. The maximum Gasteiger partial charge on any atom is 0.226 e. The number of nitrogens with zero attached hydrogens (tertiary/aromatic N) is 3. The van der Waals surface area contributed by atoms with Gasteiger partial charge in [0.15, 0.2) is 5.82 Å². The summed E-state index contributed by atoms with van der Waals surface area (Å²) in [5.74, 6) is -0.152. The fraction of sp³-hybridized carbons (Fsp3) is 0.389. The Kier molecular flexibility index (Phi) is 4.31. The first kappa shape index (κ1) is 16.0. The molecule has 0 aliphatic carbocycles. The number of hydrogen-bond acceptors (Lipinski definition) is 5. The third kappa shape index (κ3) is 3.46. The van der Waals surface area contributed by atoms with Gasteiger partial charge in [0.05, 0.1) is 30.5 Å². The van der Waals surface area contributed by atoms with Crippen LogP contribution >= 0.6 is 0 Å². The Labute approximate surface area is 145 Å². The van der Waals surface area contributed by atoms with Crippen molar-refractivity contribution in [3.8, 4) is 0 Å². The van der Waals surface area contributed by atoms with Gasteiger partial charge in [0.2, 0.25) is 11.9 Å². The number of aromatic nitrogens is 2. The molecule has 3 atom stereocenters. The Morgan fingerprint density at radius 2 is 2.00 bits per heavy atom. The van der Waals surface area contributed by atoms with Gasteiger partial charge >= 0.3 is 0 Å². The molecule has 0 saturated carbocycles. The molecule has 1 aromatic heterocycles. The second kappa shape index (κ2) is 6.76. The van der Waals surface area contributed by atoms with E-state index in [0.717, 1.165) is 18.0 Å². The van der Waals surface area contributed by atoms with Crippen molar-refractivity contribution >= 4 is 11.9 Å². The second-order valence-electron chi connectivity index (χ2n) is 6.45. The minimum Gasteiger partial charge on any atom is -0.370 e. The van der Waals surface area contributed by atoms with E-state index in [1.807, 2.05) is 35.2 Å². The van der Waals surface area contributed by atoms with Crippen molar-refractivity contribution in [2.75, 3.05) is 18.0 Å². The van der Waals surface area contributed by atoms with E-state index < -0.39 is 5.82 Å². The third-order valence-electron chi connectivity index (χ3n) is 4.69. The first-order chi connectivity index (χ1) is 12.2. The summed E-state index contributed by atoms with van der Waals surface area (Å²) in [6.07, 6.45) is 2.78. The smallest absolute Gasteiger partial charge is 0.226 e. The lowest BCUT2D eigenvalue weighted by Gasteiger charge is -2.32. The number of nitrogens with one attached hydrogen (secondary N) is 1.